The van der Waals surface area contributed by atoms with E-state index in [0.29, 0.717) is 5.69 Å². The lowest BCUT2D eigenvalue weighted by Gasteiger charge is -2.12. The molecule has 0 spiro atoms. The average molecular weight is 553 g/mol. The van der Waals surface area contributed by atoms with Gasteiger partial charge in [0.05, 0.1) is 11.4 Å². The molecular formula is C32H40N8O+2. The van der Waals surface area contributed by atoms with Crippen molar-refractivity contribution in [2.24, 2.45) is 20.5 Å². The number of hydrogen-bond acceptors (Lipinski definition) is 7. The molecule has 0 saturated heterocycles. The molecule has 0 aliphatic carbocycles. The van der Waals surface area contributed by atoms with Crippen LogP contribution in [0, 0.1) is 0 Å². The number of azo groups is 2. The molecule has 212 valence electrons. The number of nitrogens with zero attached hydrogens (tertiary/aromatic N) is 8. The van der Waals surface area contributed by atoms with Crippen LogP contribution >= 0.6 is 0 Å². The summed E-state index contributed by atoms with van der Waals surface area (Å²) in [6.07, 6.45) is 12.7. The summed E-state index contributed by atoms with van der Waals surface area (Å²) in [5.41, 5.74) is 4.94. The molecule has 0 radical (unpaired) electrons. The van der Waals surface area contributed by atoms with E-state index in [4.69, 9.17) is 0 Å². The predicted octanol–water partition coefficient (Wildman–Crippen LogP) is 7.19. The van der Waals surface area contributed by atoms with E-state index in [1.54, 1.807) is 12.1 Å². The predicted molar refractivity (Wildman–Crippen MR) is 163 cm³/mol. The highest BCUT2D eigenvalue weighted by atomic mass is 16.3. The van der Waals surface area contributed by atoms with Gasteiger partial charge in [-0.1, -0.05) is 0 Å². The van der Waals surface area contributed by atoms with Gasteiger partial charge in [-0.3, -0.25) is 0 Å². The molecule has 0 saturated carbocycles. The third kappa shape index (κ3) is 9.20. The highest BCUT2D eigenvalue weighted by Crippen LogP contribution is 2.31. The molecule has 0 amide bonds. The summed E-state index contributed by atoms with van der Waals surface area (Å²) in [4.78, 5) is 3.99. The maximum atomic E-state index is 10.2. The van der Waals surface area contributed by atoms with Gasteiger partial charge in [-0.25, -0.2) is 9.13 Å². The number of phenols is 1. The Kier molecular flexibility index (Phi) is 10.5. The van der Waals surface area contributed by atoms with Crippen LogP contribution in [-0.4, -0.2) is 33.3 Å². The van der Waals surface area contributed by atoms with Crippen molar-refractivity contribution in [3.63, 3.8) is 0 Å². The average Bonchev–Trinajstić information content (AvgIpc) is 2.98. The second kappa shape index (κ2) is 14.6. The Hall–Kier alpha value is -4.66. The second-order valence-corrected chi connectivity index (χ2v) is 10.4. The molecule has 41 heavy (non-hydrogen) atoms. The van der Waals surface area contributed by atoms with E-state index in [1.807, 2.05) is 93.9 Å². The maximum Gasteiger partial charge on any atom is 0.196 e. The van der Waals surface area contributed by atoms with Crippen LogP contribution in [0.15, 0.2) is 112 Å². The lowest BCUT2D eigenvalue weighted by Crippen LogP contribution is -2.33. The van der Waals surface area contributed by atoms with Crippen LogP contribution in [0.1, 0.15) is 25.7 Å². The summed E-state index contributed by atoms with van der Waals surface area (Å²) in [5, 5.41) is 27.5. The van der Waals surface area contributed by atoms with E-state index in [9.17, 15) is 5.11 Å². The molecule has 1 N–H and O–H groups in total. The topological polar surface area (TPSA) is 83.9 Å². The number of anilines is 2. The van der Waals surface area contributed by atoms with Gasteiger partial charge in [0.15, 0.2) is 24.8 Å². The number of unbranched alkanes of at least 4 members (excludes halogenated alkanes) is 3. The van der Waals surface area contributed by atoms with Crippen molar-refractivity contribution in [2.75, 3.05) is 38.0 Å². The van der Waals surface area contributed by atoms with Crippen LogP contribution in [0.25, 0.3) is 0 Å². The van der Waals surface area contributed by atoms with Crippen molar-refractivity contribution >= 4 is 34.1 Å². The molecule has 2 aromatic heterocycles. The minimum atomic E-state index is 0.116. The molecule has 4 aromatic rings. The summed E-state index contributed by atoms with van der Waals surface area (Å²) < 4.78 is 4.34. The molecule has 0 unspecified atom stereocenters. The Morgan fingerprint density at radius 3 is 1.80 bits per heavy atom. The minimum Gasteiger partial charge on any atom is -0.506 e. The normalized spacial score (nSPS) is 11.4. The SMILES string of the molecule is CN(C)c1ccc(N=Nc2cc[n+](CCCCCC[n+]3cccc(N=Nc4ccc(N(C)C)cc4O)c3)cc2)cc1. The molecule has 2 heterocycles. The Balaban J connectivity index is 1.16. The van der Waals surface area contributed by atoms with Crippen LogP contribution in [0.5, 0.6) is 5.75 Å². The summed E-state index contributed by atoms with van der Waals surface area (Å²) in [5.74, 6) is 0.116. The Morgan fingerprint density at radius 1 is 0.585 bits per heavy atom. The maximum absolute atomic E-state index is 10.2. The fourth-order valence-corrected chi connectivity index (χ4v) is 4.23. The zero-order chi connectivity index (χ0) is 29.0. The first-order valence-electron chi connectivity index (χ1n) is 14.0. The number of phenolic OH excluding ortho intramolecular Hbond substituents is 1. The van der Waals surface area contributed by atoms with Crippen molar-refractivity contribution in [3.05, 3.63) is 91.5 Å². The van der Waals surface area contributed by atoms with Crippen molar-refractivity contribution in [2.45, 2.75) is 38.8 Å². The first-order valence-corrected chi connectivity index (χ1v) is 14.0. The van der Waals surface area contributed by atoms with Crippen LogP contribution in [0.4, 0.5) is 34.1 Å². The van der Waals surface area contributed by atoms with Crippen LogP contribution in [0.3, 0.4) is 0 Å². The number of pyridine rings is 2. The monoisotopic (exact) mass is 552 g/mol. The van der Waals surface area contributed by atoms with Gasteiger partial charge in [-0.05, 0) is 55.3 Å². The highest BCUT2D eigenvalue weighted by Gasteiger charge is 2.06. The lowest BCUT2D eigenvalue weighted by molar-refractivity contribution is -0.698. The number of aromatic nitrogens is 2. The molecule has 2 aromatic carbocycles. The van der Waals surface area contributed by atoms with Crippen molar-refractivity contribution in [1.29, 1.82) is 0 Å². The molecule has 0 fully saturated rings. The highest BCUT2D eigenvalue weighted by molar-refractivity contribution is 5.60. The summed E-state index contributed by atoms with van der Waals surface area (Å²) in [7, 11) is 7.90. The fraction of sp³-hybridized carbons (Fsp3) is 0.312. The molecule has 4 rings (SSSR count). The van der Waals surface area contributed by atoms with Crippen molar-refractivity contribution in [3.8, 4) is 5.75 Å². The number of aromatic hydroxyl groups is 1. The van der Waals surface area contributed by atoms with E-state index in [0.717, 1.165) is 60.8 Å². The molecule has 0 aliphatic rings. The fourth-order valence-electron chi connectivity index (χ4n) is 4.23. The van der Waals surface area contributed by atoms with Crippen molar-refractivity contribution < 1.29 is 14.2 Å². The van der Waals surface area contributed by atoms with Crippen LogP contribution in [-0.2, 0) is 13.1 Å². The molecule has 0 atom stereocenters. The van der Waals surface area contributed by atoms with Gasteiger partial charge in [0.25, 0.3) is 0 Å². The number of aryl methyl sites for hydroxylation is 2. The zero-order valence-electron chi connectivity index (χ0n) is 24.4. The molecular weight excluding hydrogens is 512 g/mol. The lowest BCUT2D eigenvalue weighted by atomic mass is 10.2. The van der Waals surface area contributed by atoms with E-state index in [-0.39, 0.29) is 5.75 Å². The first-order chi connectivity index (χ1) is 19.9. The molecule has 9 nitrogen and oxygen atoms in total. The third-order valence-corrected chi connectivity index (χ3v) is 6.69. The van der Waals surface area contributed by atoms with Gasteiger partial charge >= 0.3 is 0 Å². The molecule has 0 bridgehead atoms. The largest absolute Gasteiger partial charge is 0.506 e. The Morgan fingerprint density at radius 2 is 1.17 bits per heavy atom. The van der Waals surface area contributed by atoms with Gasteiger partial charge in [0.2, 0.25) is 0 Å². The molecule has 0 aliphatic heterocycles. The number of benzene rings is 2. The van der Waals surface area contributed by atoms with Crippen LogP contribution in [0.2, 0.25) is 0 Å². The quantitative estimate of drug-likeness (QED) is 0.108. The zero-order valence-corrected chi connectivity index (χ0v) is 24.4. The van der Waals surface area contributed by atoms with E-state index >= 15 is 0 Å². The smallest absolute Gasteiger partial charge is 0.196 e. The van der Waals surface area contributed by atoms with Gasteiger partial charge in [0, 0.05) is 76.7 Å². The first kappa shape index (κ1) is 29.3. The van der Waals surface area contributed by atoms with Gasteiger partial charge in [-0.2, -0.15) is 10.2 Å². The summed E-state index contributed by atoms with van der Waals surface area (Å²) >= 11 is 0. The summed E-state index contributed by atoms with van der Waals surface area (Å²) in [6.45, 7) is 1.91. The Labute approximate surface area is 242 Å². The molecule has 9 heteroatoms. The number of rotatable bonds is 13. The Bertz CT molecular complexity index is 1450. The van der Waals surface area contributed by atoms with E-state index in [2.05, 4.69) is 53.1 Å². The van der Waals surface area contributed by atoms with Crippen LogP contribution < -0.4 is 18.9 Å². The number of hydrogen-bond donors (Lipinski definition) is 1. The third-order valence-electron chi connectivity index (χ3n) is 6.69. The minimum absolute atomic E-state index is 0.116. The van der Waals surface area contributed by atoms with Gasteiger partial charge in [-0.15, -0.1) is 10.2 Å². The van der Waals surface area contributed by atoms with E-state index in [1.165, 1.54) is 6.42 Å². The van der Waals surface area contributed by atoms with Gasteiger partial charge < -0.3 is 14.9 Å². The van der Waals surface area contributed by atoms with E-state index < -0.39 is 0 Å². The summed E-state index contributed by atoms with van der Waals surface area (Å²) in [6, 6.07) is 21.3. The van der Waals surface area contributed by atoms with Crippen molar-refractivity contribution in [1.82, 2.24) is 0 Å². The van der Waals surface area contributed by atoms with Gasteiger partial charge in [0.1, 0.15) is 30.2 Å². The standard InChI is InChI=1S/C32H39N8O/c1-37(2)29-13-11-26(12-14-29)33-34-27-17-22-39(23-18-27)19-7-5-6-8-20-40-21-9-10-28(25-40)35-36-31-16-15-30(38(3)4)24-32(31)41/h9-18,21-25H,5-8,19-20H2,1-4H3/q+1/p+1. The second-order valence-electron chi connectivity index (χ2n) is 10.4.